The number of nitrogens with one attached hydrogen (secondary N) is 2. The molecule has 0 spiro atoms. The van der Waals surface area contributed by atoms with Crippen LogP contribution in [0.5, 0.6) is 5.75 Å². The van der Waals surface area contributed by atoms with Crippen molar-refractivity contribution in [2.45, 2.75) is 18.7 Å². The number of sulfonamides is 1. The second kappa shape index (κ2) is 9.60. The van der Waals surface area contributed by atoms with E-state index in [-0.39, 0.29) is 11.5 Å². The molecule has 0 radical (unpaired) electrons. The van der Waals surface area contributed by atoms with E-state index in [1.54, 1.807) is 24.3 Å². The smallest absolute Gasteiger partial charge is 0.262 e. The van der Waals surface area contributed by atoms with Crippen molar-refractivity contribution in [1.82, 2.24) is 0 Å². The predicted molar refractivity (Wildman–Crippen MR) is 124 cm³/mol. The van der Waals surface area contributed by atoms with Gasteiger partial charge in [-0.05, 0) is 73.5 Å². The molecule has 31 heavy (non-hydrogen) atoms. The number of amides is 1. The summed E-state index contributed by atoms with van der Waals surface area (Å²) in [5.74, 6) is -0.0587. The van der Waals surface area contributed by atoms with Gasteiger partial charge >= 0.3 is 0 Å². The van der Waals surface area contributed by atoms with Gasteiger partial charge in [-0.3, -0.25) is 9.52 Å². The van der Waals surface area contributed by atoms with Crippen LogP contribution >= 0.6 is 23.2 Å². The molecule has 3 aromatic rings. The number of hydrogen-bond acceptors (Lipinski definition) is 4. The van der Waals surface area contributed by atoms with Gasteiger partial charge in [0.1, 0.15) is 5.75 Å². The van der Waals surface area contributed by atoms with Gasteiger partial charge in [0.25, 0.3) is 15.9 Å². The summed E-state index contributed by atoms with van der Waals surface area (Å²) in [5, 5.41) is 3.42. The van der Waals surface area contributed by atoms with Gasteiger partial charge in [-0.25, -0.2) is 8.42 Å². The third kappa shape index (κ3) is 6.37. The number of aryl methyl sites for hydroxylation is 2. The van der Waals surface area contributed by atoms with Gasteiger partial charge in [-0.2, -0.15) is 0 Å². The van der Waals surface area contributed by atoms with E-state index in [0.29, 0.717) is 27.2 Å². The third-order valence-corrected chi connectivity index (χ3v) is 6.11. The number of anilines is 2. The summed E-state index contributed by atoms with van der Waals surface area (Å²) in [7, 11) is -3.76. The number of ether oxygens (including phenoxy) is 1. The van der Waals surface area contributed by atoms with E-state index in [9.17, 15) is 13.2 Å². The van der Waals surface area contributed by atoms with Crippen LogP contribution in [0.25, 0.3) is 0 Å². The zero-order valence-corrected chi connectivity index (χ0v) is 19.1. The van der Waals surface area contributed by atoms with Gasteiger partial charge in [-0.15, -0.1) is 0 Å². The summed E-state index contributed by atoms with van der Waals surface area (Å²) in [6, 6.07) is 16.0. The largest absolute Gasteiger partial charge is 0.484 e. The standard InChI is InChI=1S/C22H20Cl2N2O4S/c1-14-3-4-15(2)21(9-14)26-31(28,29)20-7-5-19(6-8-20)30-13-22(27)25-18-11-16(23)10-17(24)12-18/h3-12,26H,13H2,1-2H3,(H,25,27). The molecule has 3 rings (SSSR count). The lowest BCUT2D eigenvalue weighted by atomic mass is 10.1. The van der Waals surface area contributed by atoms with Gasteiger partial charge in [0, 0.05) is 15.7 Å². The van der Waals surface area contributed by atoms with Crippen LogP contribution in [0, 0.1) is 13.8 Å². The van der Waals surface area contributed by atoms with Crippen molar-refractivity contribution in [3.05, 3.63) is 81.8 Å². The molecule has 162 valence electrons. The molecule has 3 aromatic carbocycles. The molecule has 0 saturated heterocycles. The highest BCUT2D eigenvalue weighted by Crippen LogP contribution is 2.24. The first kappa shape index (κ1) is 22.9. The Hall–Kier alpha value is -2.74. The Morgan fingerprint density at radius 1 is 0.935 bits per heavy atom. The lowest BCUT2D eigenvalue weighted by Gasteiger charge is -2.12. The summed E-state index contributed by atoms with van der Waals surface area (Å²) in [4.78, 5) is 12.2. The number of rotatable bonds is 7. The van der Waals surface area contributed by atoms with Crippen LogP contribution in [0.2, 0.25) is 10.0 Å². The number of benzene rings is 3. The third-order valence-electron chi connectivity index (χ3n) is 4.29. The molecule has 0 aliphatic carbocycles. The van der Waals surface area contributed by atoms with E-state index in [2.05, 4.69) is 10.0 Å². The van der Waals surface area contributed by atoms with Crippen molar-refractivity contribution in [2.24, 2.45) is 0 Å². The Morgan fingerprint density at radius 3 is 2.23 bits per heavy atom. The Kier molecular flexibility index (Phi) is 7.10. The summed E-state index contributed by atoms with van der Waals surface area (Å²) in [6.45, 7) is 3.45. The molecule has 0 heterocycles. The maximum Gasteiger partial charge on any atom is 0.262 e. The molecule has 0 bridgehead atoms. The molecule has 0 aromatic heterocycles. The molecule has 0 atom stereocenters. The molecular formula is C22H20Cl2N2O4S. The molecular weight excluding hydrogens is 459 g/mol. The van der Waals surface area contributed by atoms with Crippen molar-refractivity contribution < 1.29 is 17.9 Å². The van der Waals surface area contributed by atoms with Crippen molar-refractivity contribution in [3.8, 4) is 5.75 Å². The minimum Gasteiger partial charge on any atom is -0.484 e. The van der Waals surface area contributed by atoms with Crippen LogP contribution in [0.3, 0.4) is 0 Å². The van der Waals surface area contributed by atoms with Crippen LogP contribution < -0.4 is 14.8 Å². The Labute approximate surface area is 191 Å². The van der Waals surface area contributed by atoms with Crippen LogP contribution in [0.1, 0.15) is 11.1 Å². The summed E-state index contributed by atoms with van der Waals surface area (Å²) >= 11 is 11.8. The first-order valence-corrected chi connectivity index (χ1v) is 11.5. The van der Waals surface area contributed by atoms with E-state index < -0.39 is 15.9 Å². The lowest BCUT2D eigenvalue weighted by Crippen LogP contribution is -2.20. The van der Waals surface area contributed by atoms with Crippen molar-refractivity contribution in [1.29, 1.82) is 0 Å². The molecule has 6 nitrogen and oxygen atoms in total. The minimum absolute atomic E-state index is 0.0822. The van der Waals surface area contributed by atoms with Gasteiger partial charge in [0.05, 0.1) is 10.6 Å². The normalized spacial score (nSPS) is 11.1. The predicted octanol–water partition coefficient (Wildman–Crippen LogP) is 5.43. The van der Waals surface area contributed by atoms with Gasteiger partial charge in [-0.1, -0.05) is 35.3 Å². The average Bonchev–Trinajstić information content (AvgIpc) is 2.68. The topological polar surface area (TPSA) is 84.5 Å². The molecule has 0 unspecified atom stereocenters. The first-order chi connectivity index (χ1) is 14.6. The molecule has 0 aliphatic heterocycles. The number of carbonyl (C=O) groups is 1. The van der Waals surface area contributed by atoms with E-state index >= 15 is 0 Å². The number of hydrogen-bond donors (Lipinski definition) is 2. The molecule has 1 amide bonds. The zero-order valence-electron chi connectivity index (χ0n) is 16.8. The quantitative estimate of drug-likeness (QED) is 0.474. The van der Waals surface area contributed by atoms with Gasteiger partial charge in [0.2, 0.25) is 0 Å². The minimum atomic E-state index is -3.76. The van der Waals surface area contributed by atoms with Gasteiger partial charge < -0.3 is 10.1 Å². The molecule has 0 aliphatic rings. The zero-order chi connectivity index (χ0) is 22.6. The van der Waals surface area contributed by atoms with Gasteiger partial charge in [0.15, 0.2) is 6.61 Å². The van der Waals surface area contributed by atoms with E-state index in [0.717, 1.165) is 11.1 Å². The van der Waals surface area contributed by atoms with Crippen molar-refractivity contribution >= 4 is 50.5 Å². The summed E-state index contributed by atoms with van der Waals surface area (Å²) in [5.41, 5.74) is 2.75. The molecule has 2 N–H and O–H groups in total. The fourth-order valence-electron chi connectivity index (χ4n) is 2.74. The second-order valence-electron chi connectivity index (χ2n) is 6.89. The Balaban J connectivity index is 1.61. The van der Waals surface area contributed by atoms with E-state index in [1.807, 2.05) is 26.0 Å². The van der Waals surface area contributed by atoms with E-state index in [1.165, 1.54) is 24.3 Å². The highest BCUT2D eigenvalue weighted by atomic mass is 35.5. The molecule has 9 heteroatoms. The number of carbonyl (C=O) groups excluding carboxylic acids is 1. The first-order valence-electron chi connectivity index (χ1n) is 9.21. The maximum atomic E-state index is 12.7. The van der Waals surface area contributed by atoms with Crippen molar-refractivity contribution in [2.75, 3.05) is 16.6 Å². The fraction of sp³-hybridized carbons (Fsp3) is 0.136. The maximum absolute atomic E-state index is 12.7. The second-order valence-corrected chi connectivity index (χ2v) is 9.45. The highest BCUT2D eigenvalue weighted by Gasteiger charge is 2.16. The SMILES string of the molecule is Cc1ccc(C)c(NS(=O)(=O)c2ccc(OCC(=O)Nc3cc(Cl)cc(Cl)c3)cc2)c1. The highest BCUT2D eigenvalue weighted by molar-refractivity contribution is 7.92. The van der Waals surface area contributed by atoms with Crippen LogP contribution in [-0.4, -0.2) is 20.9 Å². The van der Waals surface area contributed by atoms with E-state index in [4.69, 9.17) is 27.9 Å². The van der Waals surface area contributed by atoms with Crippen LogP contribution in [0.4, 0.5) is 11.4 Å². The monoisotopic (exact) mass is 478 g/mol. The average molecular weight is 479 g/mol. The van der Waals surface area contributed by atoms with Crippen LogP contribution in [-0.2, 0) is 14.8 Å². The Morgan fingerprint density at radius 2 is 1.58 bits per heavy atom. The lowest BCUT2D eigenvalue weighted by molar-refractivity contribution is -0.118. The van der Waals surface area contributed by atoms with Crippen LogP contribution in [0.15, 0.2) is 65.6 Å². The van der Waals surface area contributed by atoms with Crippen molar-refractivity contribution in [3.63, 3.8) is 0 Å². The number of halogens is 2. The fourth-order valence-corrected chi connectivity index (χ4v) is 4.38. The molecule has 0 saturated carbocycles. The Bertz CT molecular complexity index is 1190. The summed E-state index contributed by atoms with van der Waals surface area (Å²) < 4.78 is 33.3. The molecule has 0 fully saturated rings. The summed E-state index contributed by atoms with van der Waals surface area (Å²) in [6.07, 6.45) is 0.